The fourth-order valence-corrected chi connectivity index (χ4v) is 3.79. The number of nitrogens with zero attached hydrogens (tertiary/aromatic N) is 4. The summed E-state index contributed by atoms with van der Waals surface area (Å²) in [5, 5.41) is 12.0. The number of ether oxygens (including phenoxy) is 1. The number of thioether (sulfide) groups is 1. The standard InChI is InChI=1S/C15H17N5O2S2/c1-10-3-4-11-12(7-10)24-14(17-11)18-13(21)8-23-15-19-16-9-20(15)5-6-22-2/h3-4,7,9H,5-6,8H2,1-2H3,(H,17,18,21). The van der Waals surface area contributed by atoms with Gasteiger partial charge in [0.15, 0.2) is 10.3 Å². The lowest BCUT2D eigenvalue weighted by Gasteiger charge is -2.05. The molecule has 0 aliphatic carbocycles. The SMILES string of the molecule is COCCn1cnnc1SCC(=O)Nc1nc2ccc(C)cc2s1. The summed E-state index contributed by atoms with van der Waals surface area (Å²) in [4.78, 5) is 16.6. The number of benzene rings is 1. The van der Waals surface area contributed by atoms with Crippen LogP contribution in [0, 0.1) is 6.92 Å². The molecule has 3 aromatic rings. The highest BCUT2D eigenvalue weighted by Gasteiger charge is 2.11. The van der Waals surface area contributed by atoms with Crippen molar-refractivity contribution in [2.45, 2.75) is 18.6 Å². The highest BCUT2D eigenvalue weighted by atomic mass is 32.2. The third-order valence-corrected chi connectivity index (χ3v) is 5.15. The second-order valence-corrected chi connectivity index (χ2v) is 7.10. The van der Waals surface area contributed by atoms with Gasteiger partial charge in [0.1, 0.15) is 6.33 Å². The van der Waals surface area contributed by atoms with E-state index in [9.17, 15) is 4.79 Å². The predicted octanol–water partition coefficient (Wildman–Crippen LogP) is 2.57. The molecular weight excluding hydrogens is 346 g/mol. The van der Waals surface area contributed by atoms with Gasteiger partial charge in [-0.1, -0.05) is 29.2 Å². The molecule has 0 bridgehead atoms. The van der Waals surface area contributed by atoms with Crippen LogP contribution in [-0.4, -0.2) is 45.1 Å². The molecule has 1 aromatic carbocycles. The maximum absolute atomic E-state index is 12.1. The molecule has 0 aliphatic rings. The van der Waals surface area contributed by atoms with Gasteiger partial charge in [0.05, 0.1) is 22.6 Å². The number of amides is 1. The fourth-order valence-electron chi connectivity index (χ4n) is 2.07. The Balaban J connectivity index is 1.58. The molecule has 0 saturated heterocycles. The average Bonchev–Trinajstić information content (AvgIpc) is 3.16. The van der Waals surface area contributed by atoms with Crippen LogP contribution in [0.5, 0.6) is 0 Å². The number of aryl methyl sites for hydroxylation is 1. The van der Waals surface area contributed by atoms with Gasteiger partial charge < -0.3 is 14.6 Å². The second-order valence-electron chi connectivity index (χ2n) is 5.13. The van der Waals surface area contributed by atoms with Crippen LogP contribution in [0.4, 0.5) is 5.13 Å². The summed E-state index contributed by atoms with van der Waals surface area (Å²) in [6.45, 7) is 3.27. The number of nitrogens with one attached hydrogen (secondary N) is 1. The molecule has 0 atom stereocenters. The Kier molecular flexibility index (Phi) is 5.44. The monoisotopic (exact) mass is 363 g/mol. The Morgan fingerprint density at radius 3 is 3.17 bits per heavy atom. The number of hydrogen-bond donors (Lipinski definition) is 1. The third-order valence-electron chi connectivity index (χ3n) is 3.24. The van der Waals surface area contributed by atoms with Crippen molar-refractivity contribution in [2.24, 2.45) is 0 Å². The molecule has 2 aromatic heterocycles. The smallest absolute Gasteiger partial charge is 0.236 e. The number of carbonyl (C=O) groups excluding carboxylic acids is 1. The summed E-state index contributed by atoms with van der Waals surface area (Å²) in [5.41, 5.74) is 2.07. The minimum atomic E-state index is -0.114. The van der Waals surface area contributed by atoms with Crippen molar-refractivity contribution in [2.75, 3.05) is 24.8 Å². The fraction of sp³-hybridized carbons (Fsp3) is 0.333. The van der Waals surface area contributed by atoms with Gasteiger partial charge in [0.25, 0.3) is 0 Å². The van der Waals surface area contributed by atoms with E-state index >= 15 is 0 Å². The van der Waals surface area contributed by atoms with Gasteiger partial charge in [0, 0.05) is 13.7 Å². The Hall–Kier alpha value is -1.97. The Morgan fingerprint density at radius 2 is 2.33 bits per heavy atom. The Labute approximate surface area is 147 Å². The first kappa shape index (κ1) is 16.9. The number of methoxy groups -OCH3 is 1. The quantitative estimate of drug-likeness (QED) is 0.650. The molecule has 24 heavy (non-hydrogen) atoms. The number of aromatic nitrogens is 4. The second kappa shape index (κ2) is 7.73. The normalized spacial score (nSPS) is 11.1. The highest BCUT2D eigenvalue weighted by Crippen LogP contribution is 2.27. The van der Waals surface area contributed by atoms with Gasteiger partial charge in [0.2, 0.25) is 5.91 Å². The van der Waals surface area contributed by atoms with Gasteiger partial charge in [-0.05, 0) is 24.6 Å². The average molecular weight is 363 g/mol. The Morgan fingerprint density at radius 1 is 1.46 bits per heavy atom. The van der Waals surface area contributed by atoms with Crippen LogP contribution in [0.2, 0.25) is 0 Å². The van der Waals surface area contributed by atoms with E-state index < -0.39 is 0 Å². The van der Waals surface area contributed by atoms with E-state index in [1.165, 1.54) is 28.7 Å². The third kappa shape index (κ3) is 4.11. The van der Waals surface area contributed by atoms with Crippen molar-refractivity contribution in [1.29, 1.82) is 0 Å². The highest BCUT2D eigenvalue weighted by molar-refractivity contribution is 7.99. The minimum absolute atomic E-state index is 0.114. The maximum Gasteiger partial charge on any atom is 0.236 e. The lowest BCUT2D eigenvalue weighted by molar-refractivity contribution is -0.113. The van der Waals surface area contributed by atoms with Crippen molar-refractivity contribution in [3.8, 4) is 0 Å². The molecule has 0 fully saturated rings. The van der Waals surface area contributed by atoms with Crippen LogP contribution in [0.1, 0.15) is 5.56 Å². The van der Waals surface area contributed by atoms with Gasteiger partial charge in [-0.25, -0.2) is 4.98 Å². The molecule has 7 nitrogen and oxygen atoms in total. The summed E-state index contributed by atoms with van der Waals surface area (Å²) in [6, 6.07) is 6.04. The summed E-state index contributed by atoms with van der Waals surface area (Å²) in [7, 11) is 1.64. The first-order valence-electron chi connectivity index (χ1n) is 7.32. The number of rotatable bonds is 7. The number of thiazole rings is 1. The van der Waals surface area contributed by atoms with Crippen molar-refractivity contribution < 1.29 is 9.53 Å². The molecule has 9 heteroatoms. The van der Waals surface area contributed by atoms with Crippen LogP contribution >= 0.6 is 23.1 Å². The first-order chi connectivity index (χ1) is 11.7. The lowest BCUT2D eigenvalue weighted by Crippen LogP contribution is -2.14. The zero-order valence-corrected chi connectivity index (χ0v) is 15.0. The van der Waals surface area contributed by atoms with E-state index in [4.69, 9.17) is 4.74 Å². The molecule has 0 radical (unpaired) electrons. The molecule has 1 amide bonds. The van der Waals surface area contributed by atoms with Crippen molar-refractivity contribution >= 4 is 44.4 Å². The summed E-state index contributed by atoms with van der Waals surface area (Å²) >= 11 is 2.81. The molecule has 3 rings (SSSR count). The predicted molar refractivity (Wildman–Crippen MR) is 95.6 cm³/mol. The summed E-state index contributed by atoms with van der Waals surface area (Å²) < 4.78 is 7.97. The molecule has 0 unspecified atom stereocenters. The largest absolute Gasteiger partial charge is 0.383 e. The molecule has 0 saturated carbocycles. The molecule has 126 valence electrons. The summed E-state index contributed by atoms with van der Waals surface area (Å²) in [5.74, 6) is 0.137. The van der Waals surface area contributed by atoms with Crippen LogP contribution in [0.3, 0.4) is 0 Å². The van der Waals surface area contributed by atoms with Crippen molar-refractivity contribution in [3.05, 3.63) is 30.1 Å². The van der Waals surface area contributed by atoms with E-state index in [2.05, 4.69) is 26.6 Å². The maximum atomic E-state index is 12.1. The van der Waals surface area contributed by atoms with Crippen molar-refractivity contribution in [3.63, 3.8) is 0 Å². The number of fused-ring (bicyclic) bond motifs is 1. The van der Waals surface area contributed by atoms with Crippen LogP contribution in [0.25, 0.3) is 10.2 Å². The van der Waals surface area contributed by atoms with E-state index in [1.54, 1.807) is 13.4 Å². The molecule has 1 N–H and O–H groups in total. The number of anilines is 1. The summed E-state index contributed by atoms with van der Waals surface area (Å²) in [6.07, 6.45) is 1.63. The Bertz CT molecular complexity index is 845. The number of hydrogen-bond acceptors (Lipinski definition) is 7. The lowest BCUT2D eigenvalue weighted by atomic mass is 10.2. The molecule has 2 heterocycles. The first-order valence-corrected chi connectivity index (χ1v) is 9.12. The van der Waals surface area contributed by atoms with Crippen LogP contribution < -0.4 is 5.32 Å². The topological polar surface area (TPSA) is 81.9 Å². The van der Waals surface area contributed by atoms with Crippen molar-refractivity contribution in [1.82, 2.24) is 19.7 Å². The van der Waals surface area contributed by atoms with Gasteiger partial charge in [-0.3, -0.25) is 4.79 Å². The zero-order chi connectivity index (χ0) is 16.9. The van der Waals surface area contributed by atoms with Gasteiger partial charge >= 0.3 is 0 Å². The van der Waals surface area contributed by atoms with E-state index in [1.807, 2.05) is 23.6 Å². The van der Waals surface area contributed by atoms with Gasteiger partial charge in [-0.15, -0.1) is 10.2 Å². The minimum Gasteiger partial charge on any atom is -0.383 e. The van der Waals surface area contributed by atoms with Crippen LogP contribution in [-0.2, 0) is 16.1 Å². The number of carbonyl (C=O) groups is 1. The van der Waals surface area contributed by atoms with Gasteiger partial charge in [-0.2, -0.15) is 0 Å². The molecular formula is C15H17N5O2S2. The van der Waals surface area contributed by atoms with Crippen LogP contribution in [0.15, 0.2) is 29.7 Å². The molecule has 0 spiro atoms. The zero-order valence-electron chi connectivity index (χ0n) is 13.4. The van der Waals surface area contributed by atoms with E-state index in [0.717, 1.165) is 10.2 Å². The molecule has 0 aliphatic heterocycles. The van der Waals surface area contributed by atoms with E-state index in [0.29, 0.717) is 23.4 Å². The van der Waals surface area contributed by atoms with E-state index in [-0.39, 0.29) is 11.7 Å².